The molecule has 0 spiro atoms. The van der Waals surface area contributed by atoms with Gasteiger partial charge >= 0.3 is 5.97 Å². The van der Waals surface area contributed by atoms with Gasteiger partial charge in [-0.15, -0.1) is 0 Å². The Morgan fingerprint density at radius 1 is 1.10 bits per heavy atom. The molecule has 10 heteroatoms. The first-order valence-corrected chi connectivity index (χ1v) is 10.1. The summed E-state index contributed by atoms with van der Waals surface area (Å²) in [5.41, 5.74) is 1.16. The number of carbonyl (C=O) groups excluding carboxylic acids is 3. The molecule has 0 unspecified atom stereocenters. The molecule has 1 aliphatic rings. The molecule has 0 fully saturated rings. The summed E-state index contributed by atoms with van der Waals surface area (Å²) in [5, 5.41) is 5.38. The number of fused-ring (bicyclic) bond motifs is 1. The smallest absolute Gasteiger partial charge is 0.310 e. The van der Waals surface area contributed by atoms with Crippen LogP contribution >= 0.6 is 27.5 Å². The summed E-state index contributed by atoms with van der Waals surface area (Å²) >= 11 is 9.45. The highest BCUT2D eigenvalue weighted by atomic mass is 79.9. The van der Waals surface area contributed by atoms with Crippen molar-refractivity contribution in [3.63, 3.8) is 0 Å². The Hall–Kier alpha value is -2.78. The second kappa shape index (κ2) is 10.3. The molecule has 2 aromatic carbocycles. The van der Waals surface area contributed by atoms with E-state index in [9.17, 15) is 14.4 Å². The van der Waals surface area contributed by atoms with Gasteiger partial charge in [0, 0.05) is 4.47 Å². The zero-order valence-electron chi connectivity index (χ0n) is 15.7. The third-order valence-corrected chi connectivity index (χ3v) is 4.94. The molecular formula is C20H18BrClN2O6. The van der Waals surface area contributed by atoms with Gasteiger partial charge in [0.05, 0.1) is 23.7 Å². The van der Waals surface area contributed by atoms with Crippen LogP contribution in [0.4, 0.5) is 5.69 Å². The molecule has 2 amide bonds. The van der Waals surface area contributed by atoms with Gasteiger partial charge in [0.15, 0.2) is 18.1 Å². The Balaban J connectivity index is 1.41. The van der Waals surface area contributed by atoms with Gasteiger partial charge in [-0.1, -0.05) is 23.7 Å². The number of esters is 1. The van der Waals surface area contributed by atoms with E-state index in [0.717, 1.165) is 4.47 Å². The van der Waals surface area contributed by atoms with E-state index in [0.29, 0.717) is 41.0 Å². The SMILES string of the molecule is O=C(COC(=O)Cc1cc(Cl)c2c(c1)OCCO2)NCC(=O)Nc1ccccc1Br. The lowest BCUT2D eigenvalue weighted by Crippen LogP contribution is -2.35. The number of hydrogen-bond acceptors (Lipinski definition) is 6. The molecular weight excluding hydrogens is 480 g/mol. The van der Waals surface area contributed by atoms with E-state index in [1.807, 2.05) is 6.07 Å². The number of ether oxygens (including phenoxy) is 3. The zero-order valence-corrected chi connectivity index (χ0v) is 18.0. The van der Waals surface area contributed by atoms with E-state index in [4.69, 9.17) is 25.8 Å². The minimum absolute atomic E-state index is 0.0911. The van der Waals surface area contributed by atoms with Crippen LogP contribution < -0.4 is 20.1 Å². The molecule has 158 valence electrons. The van der Waals surface area contributed by atoms with Crippen molar-refractivity contribution in [3.8, 4) is 11.5 Å². The number of amides is 2. The summed E-state index contributed by atoms with van der Waals surface area (Å²) in [7, 11) is 0. The number of para-hydroxylation sites is 1. The lowest BCUT2D eigenvalue weighted by molar-refractivity contribution is -0.147. The highest BCUT2D eigenvalue weighted by Gasteiger charge is 2.18. The van der Waals surface area contributed by atoms with Crippen LogP contribution in [0.2, 0.25) is 5.02 Å². The van der Waals surface area contributed by atoms with Gasteiger partial charge in [0.2, 0.25) is 5.91 Å². The van der Waals surface area contributed by atoms with Gasteiger partial charge in [-0.2, -0.15) is 0 Å². The van der Waals surface area contributed by atoms with E-state index in [1.165, 1.54) is 0 Å². The molecule has 0 aliphatic carbocycles. The largest absolute Gasteiger partial charge is 0.486 e. The van der Waals surface area contributed by atoms with Gasteiger partial charge in [-0.25, -0.2) is 0 Å². The number of benzene rings is 2. The van der Waals surface area contributed by atoms with Gasteiger partial charge in [0.1, 0.15) is 13.2 Å². The van der Waals surface area contributed by atoms with Crippen molar-refractivity contribution in [3.05, 3.63) is 51.5 Å². The topological polar surface area (TPSA) is 103 Å². The highest BCUT2D eigenvalue weighted by molar-refractivity contribution is 9.10. The summed E-state index contributed by atoms with van der Waals surface area (Å²) in [5.74, 6) is -0.709. The fraction of sp³-hybridized carbons (Fsp3) is 0.250. The summed E-state index contributed by atoms with van der Waals surface area (Å²) in [6.45, 7) is 0.0466. The Bertz CT molecular complexity index is 968. The number of anilines is 1. The van der Waals surface area contributed by atoms with E-state index >= 15 is 0 Å². The van der Waals surface area contributed by atoms with Crippen LogP contribution in [0.25, 0.3) is 0 Å². The molecule has 0 bridgehead atoms. The van der Waals surface area contributed by atoms with Crippen molar-refractivity contribution in [2.45, 2.75) is 6.42 Å². The predicted octanol–water partition coefficient (Wildman–Crippen LogP) is 2.71. The Morgan fingerprint density at radius 3 is 2.67 bits per heavy atom. The standard InChI is InChI=1S/C20H18BrClN2O6/c21-13-3-1-2-4-15(13)24-17(25)10-23-18(26)11-30-19(27)9-12-7-14(22)20-16(8-12)28-5-6-29-20/h1-4,7-8H,5-6,9-11H2,(H,23,26)(H,24,25). The number of hydrogen-bond donors (Lipinski definition) is 2. The number of carbonyl (C=O) groups is 3. The molecule has 0 saturated heterocycles. The van der Waals surface area contributed by atoms with Crippen LogP contribution in [-0.4, -0.2) is 44.1 Å². The normalized spacial score (nSPS) is 12.1. The van der Waals surface area contributed by atoms with E-state index < -0.39 is 24.4 Å². The molecule has 0 atom stereocenters. The quantitative estimate of drug-likeness (QED) is 0.570. The fourth-order valence-corrected chi connectivity index (χ4v) is 3.29. The lowest BCUT2D eigenvalue weighted by Gasteiger charge is -2.20. The van der Waals surface area contributed by atoms with Crippen LogP contribution in [0.1, 0.15) is 5.56 Å². The van der Waals surface area contributed by atoms with Crippen molar-refractivity contribution in [1.29, 1.82) is 0 Å². The molecule has 8 nitrogen and oxygen atoms in total. The third-order valence-electron chi connectivity index (χ3n) is 3.96. The number of halogens is 2. The molecule has 2 aromatic rings. The van der Waals surface area contributed by atoms with Gasteiger partial charge in [-0.3, -0.25) is 14.4 Å². The van der Waals surface area contributed by atoms with Crippen molar-refractivity contribution in [2.24, 2.45) is 0 Å². The molecule has 0 aromatic heterocycles. The van der Waals surface area contributed by atoms with Crippen molar-refractivity contribution in [1.82, 2.24) is 5.32 Å². The minimum atomic E-state index is -0.615. The average Bonchev–Trinajstić information content (AvgIpc) is 2.72. The Morgan fingerprint density at radius 2 is 1.87 bits per heavy atom. The van der Waals surface area contributed by atoms with Gasteiger partial charge in [-0.05, 0) is 45.8 Å². The van der Waals surface area contributed by atoms with E-state index in [2.05, 4.69) is 26.6 Å². The second-order valence-electron chi connectivity index (χ2n) is 6.24. The maximum atomic E-state index is 12.0. The van der Waals surface area contributed by atoms with Crippen LogP contribution in [0.3, 0.4) is 0 Å². The predicted molar refractivity (Wildman–Crippen MR) is 113 cm³/mol. The van der Waals surface area contributed by atoms with Crippen molar-refractivity contribution >= 4 is 51.0 Å². The van der Waals surface area contributed by atoms with Crippen LogP contribution in [0, 0.1) is 0 Å². The fourth-order valence-electron chi connectivity index (χ4n) is 2.62. The Labute approximate surface area is 185 Å². The molecule has 0 radical (unpaired) electrons. The first-order valence-electron chi connectivity index (χ1n) is 8.97. The van der Waals surface area contributed by atoms with Crippen LogP contribution in [0.15, 0.2) is 40.9 Å². The first-order chi connectivity index (χ1) is 14.4. The second-order valence-corrected chi connectivity index (χ2v) is 7.51. The monoisotopic (exact) mass is 496 g/mol. The van der Waals surface area contributed by atoms with E-state index in [-0.39, 0.29) is 13.0 Å². The maximum Gasteiger partial charge on any atom is 0.310 e. The summed E-state index contributed by atoms with van der Waals surface area (Å²) in [4.78, 5) is 35.8. The molecule has 3 rings (SSSR count). The summed E-state index contributed by atoms with van der Waals surface area (Å²) in [6.07, 6.45) is -0.0911. The molecule has 1 aliphatic heterocycles. The van der Waals surface area contributed by atoms with Crippen LogP contribution in [0.5, 0.6) is 11.5 Å². The van der Waals surface area contributed by atoms with Crippen molar-refractivity contribution in [2.75, 3.05) is 31.7 Å². The molecule has 30 heavy (non-hydrogen) atoms. The minimum Gasteiger partial charge on any atom is -0.486 e. The molecule has 2 N–H and O–H groups in total. The Kier molecular flexibility index (Phi) is 7.53. The van der Waals surface area contributed by atoms with E-state index in [1.54, 1.807) is 30.3 Å². The van der Waals surface area contributed by atoms with Crippen molar-refractivity contribution < 1.29 is 28.6 Å². The molecule has 1 heterocycles. The highest BCUT2D eigenvalue weighted by Crippen LogP contribution is 2.38. The van der Waals surface area contributed by atoms with Gasteiger partial charge in [0.25, 0.3) is 5.91 Å². The number of nitrogens with one attached hydrogen (secondary N) is 2. The number of rotatable bonds is 7. The summed E-state index contributed by atoms with van der Waals surface area (Å²) < 4.78 is 16.6. The summed E-state index contributed by atoms with van der Waals surface area (Å²) in [6, 6.07) is 10.3. The third kappa shape index (κ3) is 6.11. The zero-order chi connectivity index (χ0) is 21.5. The molecule has 0 saturated carbocycles. The lowest BCUT2D eigenvalue weighted by atomic mass is 10.1. The van der Waals surface area contributed by atoms with Gasteiger partial charge < -0.3 is 24.8 Å². The average molecular weight is 498 g/mol. The first kappa shape index (κ1) is 21.9. The maximum absolute atomic E-state index is 12.0. The van der Waals surface area contributed by atoms with Crippen LogP contribution in [-0.2, 0) is 25.5 Å².